The highest BCUT2D eigenvalue weighted by Gasteiger charge is 2.59. The van der Waals surface area contributed by atoms with Gasteiger partial charge in [0, 0.05) is 30.2 Å². The summed E-state index contributed by atoms with van der Waals surface area (Å²) in [5.74, 6) is -1.20. The van der Waals surface area contributed by atoms with E-state index in [1.807, 2.05) is 0 Å². The quantitative estimate of drug-likeness (QED) is 0.842. The minimum absolute atomic E-state index is 0.0856. The van der Waals surface area contributed by atoms with Gasteiger partial charge in [-0.05, 0) is 49.3 Å². The summed E-state index contributed by atoms with van der Waals surface area (Å²) in [5, 5.41) is 13.0. The van der Waals surface area contributed by atoms with Crippen molar-refractivity contribution in [2.75, 3.05) is 0 Å². The van der Waals surface area contributed by atoms with Crippen molar-refractivity contribution in [2.45, 2.75) is 51.0 Å². The molecule has 0 heterocycles. The van der Waals surface area contributed by atoms with Crippen LogP contribution in [0.15, 0.2) is 24.3 Å². The highest BCUT2D eigenvalue weighted by molar-refractivity contribution is 6.30. The number of benzene rings is 1. The Morgan fingerprint density at radius 2 is 1.88 bits per heavy atom. The van der Waals surface area contributed by atoms with Gasteiger partial charge in [0.2, 0.25) is 5.91 Å². The Hall–Kier alpha value is -1.88. The molecule has 2 unspecified atom stereocenters. The maximum Gasteiger partial charge on any atom is 0.329 e. The van der Waals surface area contributed by atoms with Crippen molar-refractivity contribution in [3.8, 4) is 0 Å². The molecule has 1 spiro atoms. The van der Waals surface area contributed by atoms with Crippen LogP contribution in [0.1, 0.15) is 44.6 Å². The molecule has 2 N–H and O–H groups in total. The summed E-state index contributed by atoms with van der Waals surface area (Å²) >= 11 is 5.86. The number of carboxylic acid groups (broad SMARTS) is 1. The molecule has 2 saturated carbocycles. The van der Waals surface area contributed by atoms with Gasteiger partial charge < -0.3 is 10.4 Å². The Kier molecular flexibility index (Phi) is 4.62. The van der Waals surface area contributed by atoms with Gasteiger partial charge in [0.1, 0.15) is 11.3 Å². The normalized spacial score (nSPS) is 23.8. The van der Waals surface area contributed by atoms with E-state index in [4.69, 9.17) is 11.6 Å². The highest BCUT2D eigenvalue weighted by Crippen LogP contribution is 2.61. The number of amides is 1. The minimum atomic E-state index is -1.38. The van der Waals surface area contributed by atoms with Gasteiger partial charge in [-0.3, -0.25) is 9.59 Å². The second-order valence-corrected chi connectivity index (χ2v) is 8.02. The van der Waals surface area contributed by atoms with E-state index in [-0.39, 0.29) is 29.4 Å². The van der Waals surface area contributed by atoms with Gasteiger partial charge in [0.05, 0.1) is 0 Å². The molecular formula is C19H22ClNO4. The third-order valence-corrected chi connectivity index (χ3v) is 5.90. The zero-order valence-corrected chi connectivity index (χ0v) is 14.9. The smallest absolute Gasteiger partial charge is 0.329 e. The predicted molar refractivity (Wildman–Crippen MR) is 93.4 cm³/mol. The van der Waals surface area contributed by atoms with Gasteiger partial charge in [-0.15, -0.1) is 0 Å². The molecule has 0 saturated heterocycles. The summed E-state index contributed by atoms with van der Waals surface area (Å²) < 4.78 is 0. The summed E-state index contributed by atoms with van der Waals surface area (Å²) in [4.78, 5) is 35.9. The summed E-state index contributed by atoms with van der Waals surface area (Å²) in [6, 6.07) is 6.94. The molecule has 2 aliphatic rings. The molecule has 0 aromatic heterocycles. The van der Waals surface area contributed by atoms with Crippen molar-refractivity contribution in [1.29, 1.82) is 0 Å². The lowest BCUT2D eigenvalue weighted by Gasteiger charge is -2.28. The van der Waals surface area contributed by atoms with Crippen LogP contribution in [0.2, 0.25) is 5.02 Å². The maximum atomic E-state index is 12.6. The number of hydrogen-bond donors (Lipinski definition) is 2. The number of carbonyl (C=O) groups is 3. The number of carboxylic acids is 1. The van der Waals surface area contributed by atoms with Gasteiger partial charge in [-0.25, -0.2) is 4.79 Å². The number of rotatable bonds is 5. The zero-order chi connectivity index (χ0) is 18.2. The third-order valence-electron chi connectivity index (χ3n) is 5.65. The highest BCUT2D eigenvalue weighted by atomic mass is 35.5. The summed E-state index contributed by atoms with van der Waals surface area (Å²) in [5.41, 5.74) is -0.667. The van der Waals surface area contributed by atoms with Crippen LogP contribution < -0.4 is 5.32 Å². The lowest BCUT2D eigenvalue weighted by molar-refractivity contribution is -0.147. The van der Waals surface area contributed by atoms with Crippen LogP contribution in [0, 0.1) is 11.3 Å². The SMILES string of the molecule is CC(Cc1ccc(Cl)cc1)(NC(=O)C1CC12CCC(=O)CC2)C(=O)O. The average molecular weight is 364 g/mol. The first kappa shape index (κ1) is 17.9. The first-order valence-corrected chi connectivity index (χ1v) is 8.93. The van der Waals surface area contributed by atoms with Crippen molar-refractivity contribution < 1.29 is 19.5 Å². The van der Waals surface area contributed by atoms with E-state index < -0.39 is 11.5 Å². The molecule has 3 rings (SSSR count). The molecule has 0 radical (unpaired) electrons. The molecule has 2 atom stereocenters. The van der Waals surface area contributed by atoms with E-state index in [2.05, 4.69) is 5.32 Å². The summed E-state index contributed by atoms with van der Waals surface area (Å²) in [7, 11) is 0. The monoisotopic (exact) mass is 363 g/mol. The van der Waals surface area contributed by atoms with Crippen LogP contribution in [-0.2, 0) is 20.8 Å². The first-order valence-electron chi connectivity index (χ1n) is 8.56. The van der Waals surface area contributed by atoms with Crippen LogP contribution in [0.25, 0.3) is 0 Å². The molecule has 1 aromatic carbocycles. The molecule has 25 heavy (non-hydrogen) atoms. The van der Waals surface area contributed by atoms with E-state index in [1.165, 1.54) is 6.92 Å². The Morgan fingerprint density at radius 1 is 1.28 bits per heavy atom. The van der Waals surface area contributed by atoms with Crippen molar-refractivity contribution in [2.24, 2.45) is 11.3 Å². The number of carbonyl (C=O) groups excluding carboxylic acids is 2. The number of nitrogens with one attached hydrogen (secondary N) is 1. The number of aliphatic carboxylic acids is 1. The molecule has 5 nitrogen and oxygen atoms in total. The number of Topliss-reactive ketones (excluding diaryl/α,β-unsaturated/α-hetero) is 1. The number of ketones is 1. The minimum Gasteiger partial charge on any atom is -0.480 e. The van der Waals surface area contributed by atoms with Gasteiger partial charge >= 0.3 is 5.97 Å². The first-order chi connectivity index (χ1) is 11.7. The molecule has 134 valence electrons. The van der Waals surface area contributed by atoms with Crippen molar-refractivity contribution in [3.05, 3.63) is 34.9 Å². The largest absolute Gasteiger partial charge is 0.480 e. The van der Waals surface area contributed by atoms with Crippen LogP contribution in [0.5, 0.6) is 0 Å². The second-order valence-electron chi connectivity index (χ2n) is 7.59. The van der Waals surface area contributed by atoms with Crippen molar-refractivity contribution >= 4 is 29.3 Å². The van der Waals surface area contributed by atoms with Crippen LogP contribution >= 0.6 is 11.6 Å². The van der Waals surface area contributed by atoms with Gasteiger partial charge in [0.15, 0.2) is 0 Å². The molecule has 6 heteroatoms. The van der Waals surface area contributed by atoms with E-state index in [0.29, 0.717) is 17.9 Å². The molecular weight excluding hydrogens is 342 g/mol. The molecule has 2 aliphatic carbocycles. The Balaban J connectivity index is 1.67. The van der Waals surface area contributed by atoms with Gasteiger partial charge in [-0.2, -0.15) is 0 Å². The number of halogens is 1. The predicted octanol–water partition coefficient (Wildman–Crippen LogP) is 2.99. The molecule has 0 aliphatic heterocycles. The fourth-order valence-electron chi connectivity index (χ4n) is 3.84. The summed E-state index contributed by atoms with van der Waals surface area (Å²) in [6.45, 7) is 1.53. The zero-order valence-electron chi connectivity index (χ0n) is 14.2. The topological polar surface area (TPSA) is 83.5 Å². The van der Waals surface area contributed by atoms with Crippen LogP contribution in [-0.4, -0.2) is 28.3 Å². The Bertz CT molecular complexity index is 705. The van der Waals surface area contributed by atoms with E-state index >= 15 is 0 Å². The summed E-state index contributed by atoms with van der Waals surface area (Å²) in [6.07, 6.45) is 3.48. The fourth-order valence-corrected chi connectivity index (χ4v) is 3.97. The van der Waals surface area contributed by atoms with Crippen LogP contribution in [0.4, 0.5) is 0 Å². The fraction of sp³-hybridized carbons (Fsp3) is 0.526. The third kappa shape index (κ3) is 3.71. The molecule has 2 fully saturated rings. The molecule has 1 aromatic rings. The lowest BCUT2D eigenvalue weighted by Crippen LogP contribution is -2.54. The lowest BCUT2D eigenvalue weighted by atomic mass is 9.83. The molecule has 0 bridgehead atoms. The second kappa shape index (κ2) is 6.45. The van der Waals surface area contributed by atoms with Gasteiger partial charge in [0.25, 0.3) is 0 Å². The Morgan fingerprint density at radius 3 is 2.44 bits per heavy atom. The van der Waals surface area contributed by atoms with E-state index in [9.17, 15) is 19.5 Å². The van der Waals surface area contributed by atoms with Crippen molar-refractivity contribution in [1.82, 2.24) is 5.32 Å². The number of hydrogen-bond acceptors (Lipinski definition) is 3. The average Bonchev–Trinajstić information content (AvgIpc) is 3.27. The standard InChI is InChI=1S/C19H22ClNO4/c1-18(17(24)25,10-12-2-4-13(20)5-3-12)21-16(23)15-11-19(15)8-6-14(22)7-9-19/h2-5,15H,6-11H2,1H3,(H,21,23)(H,24,25). The maximum absolute atomic E-state index is 12.6. The van der Waals surface area contributed by atoms with E-state index in [1.54, 1.807) is 24.3 Å². The van der Waals surface area contributed by atoms with Gasteiger partial charge in [-0.1, -0.05) is 23.7 Å². The Labute approximate surface area is 151 Å². The van der Waals surface area contributed by atoms with Crippen LogP contribution in [0.3, 0.4) is 0 Å². The van der Waals surface area contributed by atoms with Crippen molar-refractivity contribution in [3.63, 3.8) is 0 Å². The van der Waals surface area contributed by atoms with E-state index in [0.717, 1.165) is 24.8 Å². The molecule has 1 amide bonds.